The first-order valence-electron chi connectivity index (χ1n) is 5.28. The number of hydrogen-bond donors (Lipinski definition) is 2. The highest BCUT2D eigenvalue weighted by Crippen LogP contribution is 2.37. The Labute approximate surface area is 99.7 Å². The fourth-order valence-electron chi connectivity index (χ4n) is 2.25. The van der Waals surface area contributed by atoms with E-state index in [1.807, 2.05) is 12.1 Å². The van der Waals surface area contributed by atoms with Crippen molar-refractivity contribution in [3.63, 3.8) is 0 Å². The van der Waals surface area contributed by atoms with Crippen molar-refractivity contribution in [2.75, 3.05) is 13.2 Å². The van der Waals surface area contributed by atoms with Crippen LogP contribution >= 0.6 is 11.6 Å². The minimum Gasteiger partial charge on any atom is -0.395 e. The molecule has 2 rings (SSSR count). The van der Waals surface area contributed by atoms with Gasteiger partial charge in [-0.25, -0.2) is 0 Å². The van der Waals surface area contributed by atoms with E-state index in [-0.39, 0.29) is 6.61 Å². The summed E-state index contributed by atoms with van der Waals surface area (Å²) in [5.74, 6) is 0. The zero-order valence-electron chi connectivity index (χ0n) is 8.83. The van der Waals surface area contributed by atoms with Gasteiger partial charge in [-0.3, -0.25) is 5.32 Å². The van der Waals surface area contributed by atoms with E-state index in [0.29, 0.717) is 11.6 Å². The fourth-order valence-corrected chi connectivity index (χ4v) is 2.45. The summed E-state index contributed by atoms with van der Waals surface area (Å²) < 4.78 is 0. The van der Waals surface area contributed by atoms with Crippen molar-refractivity contribution < 1.29 is 5.11 Å². The van der Waals surface area contributed by atoms with Crippen LogP contribution in [-0.4, -0.2) is 18.3 Å². The van der Waals surface area contributed by atoms with E-state index >= 15 is 0 Å². The van der Waals surface area contributed by atoms with Crippen LogP contribution in [-0.2, 0) is 12.0 Å². The van der Waals surface area contributed by atoms with Gasteiger partial charge in [0.25, 0.3) is 0 Å². The third-order valence-corrected chi connectivity index (χ3v) is 3.26. The maximum atomic E-state index is 9.33. The van der Waals surface area contributed by atoms with E-state index in [2.05, 4.69) is 11.4 Å². The maximum Gasteiger partial charge on any atom is 0.132 e. The lowest BCUT2D eigenvalue weighted by atomic mass is 9.93. The minimum atomic E-state index is -0.650. The molecule has 0 aliphatic heterocycles. The van der Waals surface area contributed by atoms with Crippen LogP contribution in [0.5, 0.6) is 0 Å². The Balaban J connectivity index is 2.36. The second-order valence-corrected chi connectivity index (χ2v) is 4.41. The fraction of sp³-hybridized carbons (Fsp3) is 0.417. The summed E-state index contributed by atoms with van der Waals surface area (Å²) in [7, 11) is 0. The number of nitrogens with zero attached hydrogens (tertiary/aromatic N) is 1. The second kappa shape index (κ2) is 4.42. The summed E-state index contributed by atoms with van der Waals surface area (Å²) in [6, 6.07) is 7.94. The summed E-state index contributed by atoms with van der Waals surface area (Å²) in [5, 5.41) is 22.0. The third-order valence-electron chi connectivity index (χ3n) is 3.03. The number of fused-ring (bicyclic) bond motifs is 1. The molecule has 0 amide bonds. The number of aliphatic hydroxyl groups is 1. The molecule has 2 N–H and O–H groups in total. The van der Waals surface area contributed by atoms with E-state index in [9.17, 15) is 5.26 Å². The summed E-state index contributed by atoms with van der Waals surface area (Å²) >= 11 is 5.92. The average molecular weight is 237 g/mol. The van der Waals surface area contributed by atoms with Gasteiger partial charge in [-0.1, -0.05) is 17.7 Å². The van der Waals surface area contributed by atoms with Gasteiger partial charge in [0.2, 0.25) is 0 Å². The normalized spacial score (nSPS) is 22.8. The smallest absolute Gasteiger partial charge is 0.132 e. The van der Waals surface area contributed by atoms with Crippen LogP contribution < -0.4 is 5.32 Å². The van der Waals surface area contributed by atoms with Gasteiger partial charge in [0.05, 0.1) is 12.7 Å². The first-order chi connectivity index (χ1) is 7.72. The molecular formula is C12H13ClN2O. The van der Waals surface area contributed by atoms with Gasteiger partial charge in [0, 0.05) is 11.6 Å². The van der Waals surface area contributed by atoms with E-state index < -0.39 is 5.54 Å². The van der Waals surface area contributed by atoms with Crippen LogP contribution in [0.4, 0.5) is 0 Å². The zero-order valence-corrected chi connectivity index (χ0v) is 9.59. The van der Waals surface area contributed by atoms with Crippen LogP contribution in [0, 0.1) is 11.3 Å². The Morgan fingerprint density at radius 3 is 3.06 bits per heavy atom. The van der Waals surface area contributed by atoms with Crippen molar-refractivity contribution in [1.29, 1.82) is 5.26 Å². The molecule has 84 valence electrons. The molecule has 0 aromatic heterocycles. The summed E-state index contributed by atoms with van der Waals surface area (Å²) in [6.07, 6.45) is 1.58. The van der Waals surface area contributed by atoms with Gasteiger partial charge in [0.1, 0.15) is 5.54 Å². The lowest BCUT2D eigenvalue weighted by Gasteiger charge is -2.23. The van der Waals surface area contributed by atoms with Gasteiger partial charge in [-0.2, -0.15) is 5.26 Å². The molecule has 3 nitrogen and oxygen atoms in total. The van der Waals surface area contributed by atoms with Gasteiger partial charge in [-0.05, 0) is 36.1 Å². The molecule has 0 heterocycles. The molecule has 1 unspecified atom stereocenters. The van der Waals surface area contributed by atoms with E-state index in [4.69, 9.17) is 16.7 Å². The average Bonchev–Trinajstić information content (AvgIpc) is 2.65. The van der Waals surface area contributed by atoms with Gasteiger partial charge < -0.3 is 5.11 Å². The molecule has 4 heteroatoms. The van der Waals surface area contributed by atoms with Crippen molar-refractivity contribution in [3.8, 4) is 6.07 Å². The van der Waals surface area contributed by atoms with Gasteiger partial charge in [0.15, 0.2) is 0 Å². The number of rotatable bonds is 3. The Kier molecular flexibility index (Phi) is 3.15. The van der Waals surface area contributed by atoms with E-state index in [1.54, 1.807) is 6.07 Å². The van der Waals surface area contributed by atoms with Crippen molar-refractivity contribution in [1.82, 2.24) is 5.32 Å². The van der Waals surface area contributed by atoms with Crippen LogP contribution in [0.2, 0.25) is 5.02 Å². The second-order valence-electron chi connectivity index (χ2n) is 3.97. The standard InChI is InChI=1S/C12H13ClN2O/c13-10-1-2-11-9(7-10)3-4-12(11,8-14)15-5-6-16/h1-2,7,15-16H,3-6H2. The monoisotopic (exact) mass is 236 g/mol. The summed E-state index contributed by atoms with van der Waals surface area (Å²) in [4.78, 5) is 0. The molecule has 1 aromatic carbocycles. The topological polar surface area (TPSA) is 56.0 Å². The number of aliphatic hydroxyl groups excluding tert-OH is 1. The molecule has 16 heavy (non-hydrogen) atoms. The summed E-state index contributed by atoms with van der Waals surface area (Å²) in [5.41, 5.74) is 1.47. The molecule has 1 aliphatic carbocycles. The number of aryl methyl sites for hydroxylation is 1. The van der Waals surface area contributed by atoms with Crippen molar-refractivity contribution in [3.05, 3.63) is 34.3 Å². The molecule has 0 saturated heterocycles. The molecule has 1 aliphatic rings. The number of halogens is 1. The van der Waals surface area contributed by atoms with E-state index in [0.717, 1.165) is 24.0 Å². The lowest BCUT2D eigenvalue weighted by molar-refractivity contribution is 0.272. The molecule has 0 radical (unpaired) electrons. The number of nitrogens with one attached hydrogen (secondary N) is 1. The highest BCUT2D eigenvalue weighted by molar-refractivity contribution is 6.30. The predicted octanol–water partition coefficient (Wildman–Crippen LogP) is 1.59. The first kappa shape index (κ1) is 11.4. The maximum absolute atomic E-state index is 9.33. The molecule has 0 saturated carbocycles. The number of hydrogen-bond acceptors (Lipinski definition) is 3. The van der Waals surface area contributed by atoms with Gasteiger partial charge in [-0.15, -0.1) is 0 Å². The Morgan fingerprint density at radius 1 is 1.56 bits per heavy atom. The van der Waals surface area contributed by atoms with Crippen molar-refractivity contribution >= 4 is 11.6 Å². The van der Waals surface area contributed by atoms with Crippen LogP contribution in [0.15, 0.2) is 18.2 Å². The van der Waals surface area contributed by atoms with Crippen LogP contribution in [0.3, 0.4) is 0 Å². The van der Waals surface area contributed by atoms with Crippen LogP contribution in [0.1, 0.15) is 17.5 Å². The highest BCUT2D eigenvalue weighted by atomic mass is 35.5. The lowest BCUT2D eigenvalue weighted by Crippen LogP contribution is -2.40. The van der Waals surface area contributed by atoms with Crippen LogP contribution in [0.25, 0.3) is 0 Å². The molecule has 0 fully saturated rings. The van der Waals surface area contributed by atoms with Crippen molar-refractivity contribution in [2.45, 2.75) is 18.4 Å². The third kappa shape index (κ3) is 1.80. The quantitative estimate of drug-likeness (QED) is 0.838. The van der Waals surface area contributed by atoms with Crippen molar-refractivity contribution in [2.24, 2.45) is 0 Å². The predicted molar refractivity (Wildman–Crippen MR) is 62.2 cm³/mol. The Bertz CT molecular complexity index is 441. The van der Waals surface area contributed by atoms with Gasteiger partial charge >= 0.3 is 0 Å². The highest BCUT2D eigenvalue weighted by Gasteiger charge is 2.38. The molecule has 0 spiro atoms. The number of nitriles is 1. The number of benzene rings is 1. The zero-order chi connectivity index (χ0) is 11.6. The largest absolute Gasteiger partial charge is 0.395 e. The Hall–Kier alpha value is -1.08. The molecule has 1 atom stereocenters. The Morgan fingerprint density at radius 2 is 2.38 bits per heavy atom. The molecular weight excluding hydrogens is 224 g/mol. The molecule has 1 aromatic rings. The molecule has 0 bridgehead atoms. The SMILES string of the molecule is N#CC1(NCCO)CCc2cc(Cl)ccc21. The summed E-state index contributed by atoms with van der Waals surface area (Å²) in [6.45, 7) is 0.460. The minimum absolute atomic E-state index is 0.0341. The first-order valence-corrected chi connectivity index (χ1v) is 5.66. The van der Waals surface area contributed by atoms with E-state index in [1.165, 1.54) is 0 Å².